The smallest absolute Gasteiger partial charge is 0.323 e. The van der Waals surface area contributed by atoms with Crippen molar-refractivity contribution in [3.05, 3.63) is 35.9 Å². The van der Waals surface area contributed by atoms with E-state index in [1.807, 2.05) is 35.2 Å². The molecule has 1 aromatic carbocycles. The number of benzene rings is 1. The number of hydrogen-bond donors (Lipinski definition) is 1. The van der Waals surface area contributed by atoms with Crippen LogP contribution >= 0.6 is 0 Å². The Balaban J connectivity index is 2.38. The molecule has 1 saturated heterocycles. The van der Waals surface area contributed by atoms with Gasteiger partial charge in [0.15, 0.2) is 0 Å². The highest BCUT2D eigenvalue weighted by Gasteiger charge is 2.50. The third kappa shape index (κ3) is 5.55. The molecule has 0 spiro atoms. The van der Waals surface area contributed by atoms with Gasteiger partial charge in [0, 0.05) is 12.6 Å². The third-order valence-electron chi connectivity index (χ3n) is 5.05. The van der Waals surface area contributed by atoms with Crippen LogP contribution < -0.4 is 0 Å². The zero-order valence-corrected chi connectivity index (χ0v) is 17.8. The first-order chi connectivity index (χ1) is 12.9. The minimum Gasteiger partial charge on any atom is -0.468 e. The molecule has 0 amide bonds. The van der Waals surface area contributed by atoms with Gasteiger partial charge >= 0.3 is 11.9 Å². The predicted octanol–water partition coefficient (Wildman–Crippen LogP) is 2.92. The summed E-state index contributed by atoms with van der Waals surface area (Å²) < 4.78 is 10.6. The molecule has 0 radical (unpaired) electrons. The molecule has 28 heavy (non-hydrogen) atoms. The van der Waals surface area contributed by atoms with Crippen molar-refractivity contribution in [2.24, 2.45) is 5.92 Å². The lowest BCUT2D eigenvalue weighted by atomic mass is 9.83. The zero-order chi connectivity index (χ0) is 21.1. The van der Waals surface area contributed by atoms with Crippen LogP contribution in [0.1, 0.15) is 53.0 Å². The van der Waals surface area contributed by atoms with Crippen LogP contribution in [-0.2, 0) is 25.6 Å². The summed E-state index contributed by atoms with van der Waals surface area (Å²) in [5, 5.41) is 10.8. The van der Waals surface area contributed by atoms with Gasteiger partial charge in [-0.3, -0.25) is 14.5 Å². The van der Waals surface area contributed by atoms with Crippen molar-refractivity contribution in [3.63, 3.8) is 0 Å². The van der Waals surface area contributed by atoms with Gasteiger partial charge in [-0.05, 0) is 53.0 Å². The Bertz CT molecular complexity index is 674. The van der Waals surface area contributed by atoms with Crippen molar-refractivity contribution in [2.45, 2.75) is 77.3 Å². The first-order valence-electron chi connectivity index (χ1n) is 9.77. The van der Waals surface area contributed by atoms with Crippen LogP contribution in [0.5, 0.6) is 0 Å². The predicted molar refractivity (Wildman–Crippen MR) is 106 cm³/mol. The quantitative estimate of drug-likeness (QED) is 0.752. The van der Waals surface area contributed by atoms with E-state index in [-0.39, 0.29) is 12.0 Å². The van der Waals surface area contributed by atoms with Crippen LogP contribution in [0.15, 0.2) is 30.3 Å². The minimum atomic E-state index is -1.30. The third-order valence-corrected chi connectivity index (χ3v) is 5.05. The molecule has 6 nitrogen and oxygen atoms in total. The monoisotopic (exact) mass is 391 g/mol. The number of hydrogen-bond acceptors (Lipinski definition) is 6. The van der Waals surface area contributed by atoms with Crippen LogP contribution in [-0.4, -0.2) is 52.3 Å². The van der Waals surface area contributed by atoms with Crippen LogP contribution in [0.25, 0.3) is 0 Å². The Labute approximate surface area is 167 Å². The average Bonchev–Trinajstić information content (AvgIpc) is 2.95. The maximum Gasteiger partial charge on any atom is 0.323 e. The summed E-state index contributed by atoms with van der Waals surface area (Å²) in [4.78, 5) is 27.4. The van der Waals surface area contributed by atoms with Crippen molar-refractivity contribution < 1.29 is 24.2 Å². The van der Waals surface area contributed by atoms with Gasteiger partial charge < -0.3 is 14.6 Å². The summed E-state index contributed by atoms with van der Waals surface area (Å²) in [5.41, 5.74) is -0.931. The lowest BCUT2D eigenvalue weighted by Crippen LogP contribution is -2.53. The molecule has 1 heterocycles. The number of aliphatic hydroxyl groups is 1. The molecular weight excluding hydrogens is 358 g/mol. The Morgan fingerprint density at radius 2 is 1.75 bits per heavy atom. The SMILES string of the molecule is COC(=O)[C@@H]1CC[C@H]([C@H](C(=O)OC(C)(C)C)C(C)(C)O)N1Cc1ccccc1. The average molecular weight is 392 g/mol. The van der Waals surface area contributed by atoms with E-state index >= 15 is 0 Å². The number of methoxy groups -OCH3 is 1. The van der Waals surface area contributed by atoms with Crippen molar-refractivity contribution in [1.82, 2.24) is 4.90 Å². The van der Waals surface area contributed by atoms with E-state index in [2.05, 4.69) is 0 Å². The maximum absolute atomic E-state index is 13.0. The van der Waals surface area contributed by atoms with E-state index < -0.39 is 29.1 Å². The molecule has 0 aromatic heterocycles. The van der Waals surface area contributed by atoms with Gasteiger partial charge in [0.25, 0.3) is 0 Å². The molecule has 3 atom stereocenters. The molecule has 1 aromatic rings. The molecule has 0 saturated carbocycles. The molecule has 1 fully saturated rings. The van der Waals surface area contributed by atoms with E-state index in [0.29, 0.717) is 19.4 Å². The van der Waals surface area contributed by atoms with Crippen LogP contribution in [0.4, 0.5) is 0 Å². The summed E-state index contributed by atoms with van der Waals surface area (Å²) in [6, 6.07) is 8.99. The van der Waals surface area contributed by atoms with Crippen LogP contribution in [0.2, 0.25) is 0 Å². The molecule has 0 bridgehead atoms. The Hall–Kier alpha value is -1.92. The number of likely N-dealkylation sites (tertiary alicyclic amines) is 1. The zero-order valence-electron chi connectivity index (χ0n) is 17.8. The van der Waals surface area contributed by atoms with Gasteiger partial charge in [-0.2, -0.15) is 0 Å². The molecule has 1 N–H and O–H groups in total. The summed E-state index contributed by atoms with van der Waals surface area (Å²) in [5.74, 6) is -1.56. The highest BCUT2D eigenvalue weighted by Crippen LogP contribution is 2.37. The molecule has 6 heteroatoms. The van der Waals surface area contributed by atoms with E-state index in [4.69, 9.17) is 9.47 Å². The van der Waals surface area contributed by atoms with Gasteiger partial charge in [0.05, 0.1) is 12.7 Å². The number of carbonyl (C=O) groups excluding carboxylic acids is 2. The standard InChI is InChI=1S/C22H33NO5/c1-21(2,3)28-20(25)18(22(4,5)26)16-12-13-17(19(24)27-6)23(16)14-15-10-8-7-9-11-15/h7-11,16-18,26H,12-14H2,1-6H3/t16-,17+,18-/m1/s1. The summed E-state index contributed by atoms with van der Waals surface area (Å²) in [6.07, 6.45) is 1.17. The normalized spacial score (nSPS) is 22.0. The van der Waals surface area contributed by atoms with Gasteiger partial charge in [0.1, 0.15) is 17.6 Å². The van der Waals surface area contributed by atoms with Gasteiger partial charge in [0.2, 0.25) is 0 Å². The van der Waals surface area contributed by atoms with Crippen molar-refractivity contribution in [2.75, 3.05) is 7.11 Å². The van der Waals surface area contributed by atoms with Gasteiger partial charge in [-0.15, -0.1) is 0 Å². The fourth-order valence-electron chi connectivity index (χ4n) is 3.94. The van der Waals surface area contributed by atoms with E-state index in [1.165, 1.54) is 7.11 Å². The Morgan fingerprint density at radius 3 is 2.25 bits per heavy atom. The first-order valence-corrected chi connectivity index (χ1v) is 9.77. The van der Waals surface area contributed by atoms with Crippen LogP contribution in [0.3, 0.4) is 0 Å². The van der Waals surface area contributed by atoms with Crippen molar-refractivity contribution in [3.8, 4) is 0 Å². The molecule has 0 unspecified atom stereocenters. The molecule has 1 aliphatic rings. The fraction of sp³-hybridized carbons (Fsp3) is 0.636. The second-order valence-electron chi connectivity index (χ2n) is 9.01. The lowest BCUT2D eigenvalue weighted by Gasteiger charge is -2.39. The molecule has 156 valence electrons. The highest BCUT2D eigenvalue weighted by molar-refractivity contribution is 5.78. The highest BCUT2D eigenvalue weighted by atomic mass is 16.6. The number of nitrogens with zero attached hydrogens (tertiary/aromatic N) is 1. The van der Waals surface area contributed by atoms with Crippen LogP contribution in [0, 0.1) is 5.92 Å². The number of rotatable bonds is 6. The molecule has 0 aliphatic carbocycles. The lowest BCUT2D eigenvalue weighted by molar-refractivity contribution is -0.174. The summed E-state index contributed by atoms with van der Waals surface area (Å²) >= 11 is 0. The molecule has 1 aliphatic heterocycles. The number of ether oxygens (including phenoxy) is 2. The molecule has 2 rings (SSSR count). The van der Waals surface area contributed by atoms with E-state index in [1.54, 1.807) is 34.6 Å². The first kappa shape index (κ1) is 22.4. The Kier molecular flexibility index (Phi) is 6.88. The summed E-state index contributed by atoms with van der Waals surface area (Å²) in [6.45, 7) is 9.14. The number of carbonyl (C=O) groups is 2. The van der Waals surface area contributed by atoms with Gasteiger partial charge in [-0.1, -0.05) is 30.3 Å². The second kappa shape index (κ2) is 8.62. The van der Waals surface area contributed by atoms with Crippen molar-refractivity contribution >= 4 is 11.9 Å². The minimum absolute atomic E-state index is 0.322. The topological polar surface area (TPSA) is 76.1 Å². The van der Waals surface area contributed by atoms with Gasteiger partial charge in [-0.25, -0.2) is 0 Å². The number of esters is 2. The van der Waals surface area contributed by atoms with E-state index in [9.17, 15) is 14.7 Å². The Morgan fingerprint density at radius 1 is 1.14 bits per heavy atom. The maximum atomic E-state index is 13.0. The summed E-state index contributed by atoms with van der Waals surface area (Å²) in [7, 11) is 1.37. The van der Waals surface area contributed by atoms with E-state index in [0.717, 1.165) is 5.56 Å². The van der Waals surface area contributed by atoms with Crippen molar-refractivity contribution in [1.29, 1.82) is 0 Å². The fourth-order valence-corrected chi connectivity index (χ4v) is 3.94. The second-order valence-corrected chi connectivity index (χ2v) is 9.01. The molecular formula is C22H33NO5. The largest absolute Gasteiger partial charge is 0.468 e.